The second-order valence-electron chi connectivity index (χ2n) is 2.19. The van der Waals surface area contributed by atoms with Crippen molar-refractivity contribution in [1.82, 2.24) is 0 Å². The molecule has 0 unspecified atom stereocenters. The Bertz CT molecular complexity index is 46.0. The Balaban J connectivity index is 3.36. The predicted octanol–water partition coefficient (Wildman–Crippen LogP) is 2.50. The lowest BCUT2D eigenvalue weighted by molar-refractivity contribution is 0.150. The van der Waals surface area contributed by atoms with Crippen LogP contribution >= 0.6 is 16.3 Å². The summed E-state index contributed by atoms with van der Waals surface area (Å²) in [7, 11) is 0. The highest BCUT2D eigenvalue weighted by molar-refractivity contribution is 9.06. The monoisotopic (exact) mass is 166 g/mol. The van der Waals surface area contributed by atoms with Crippen molar-refractivity contribution in [2.45, 2.75) is 32.8 Å². The summed E-state index contributed by atoms with van der Waals surface area (Å²) >= 11 is 2.93. The predicted molar refractivity (Wildman–Crippen MR) is 34.4 cm³/mol. The molecule has 0 fully saturated rings. The topological polar surface area (TPSA) is 9.23 Å². The Morgan fingerprint density at radius 3 is 2.00 bits per heavy atom. The van der Waals surface area contributed by atoms with Crippen LogP contribution in [0.1, 0.15) is 27.2 Å². The van der Waals surface area contributed by atoms with Gasteiger partial charge in [0, 0.05) is 0 Å². The molecule has 7 heavy (non-hydrogen) atoms. The molecule has 2 heteroatoms. The Morgan fingerprint density at radius 2 is 2.00 bits per heavy atom. The van der Waals surface area contributed by atoms with E-state index in [0.717, 1.165) is 6.42 Å². The summed E-state index contributed by atoms with van der Waals surface area (Å²) < 4.78 is 4.90. The number of halogens is 1. The molecule has 0 spiro atoms. The van der Waals surface area contributed by atoms with E-state index in [1.807, 2.05) is 13.8 Å². The van der Waals surface area contributed by atoms with Crippen LogP contribution in [-0.4, -0.2) is 5.60 Å². The zero-order chi connectivity index (χ0) is 5.91. The van der Waals surface area contributed by atoms with E-state index in [0.29, 0.717) is 0 Å². The van der Waals surface area contributed by atoms with Gasteiger partial charge in [-0.15, -0.1) is 0 Å². The summed E-state index contributed by atoms with van der Waals surface area (Å²) in [6.45, 7) is 6.14. The Labute approximate surface area is 53.5 Å². The van der Waals surface area contributed by atoms with E-state index in [2.05, 4.69) is 23.2 Å². The Morgan fingerprint density at radius 1 is 1.57 bits per heavy atom. The molecular weight excluding hydrogens is 156 g/mol. The molecule has 0 aliphatic heterocycles. The first-order valence-corrected chi connectivity index (χ1v) is 3.07. The van der Waals surface area contributed by atoms with Gasteiger partial charge in [0.15, 0.2) is 0 Å². The molecular formula is C5H11BrO. The van der Waals surface area contributed by atoms with Crippen LogP contribution < -0.4 is 0 Å². The molecule has 0 rings (SSSR count). The standard InChI is InChI=1S/C5H11BrO/c1-4-5(2,3)7-6/h4H2,1-3H3. The third-order valence-corrected chi connectivity index (χ3v) is 1.94. The van der Waals surface area contributed by atoms with E-state index in [4.69, 9.17) is 3.83 Å². The fourth-order valence-electron chi connectivity index (χ4n) is 0.0546. The first kappa shape index (κ1) is 7.44. The maximum atomic E-state index is 4.90. The molecule has 0 radical (unpaired) electrons. The zero-order valence-electron chi connectivity index (χ0n) is 4.99. The van der Waals surface area contributed by atoms with Crippen LogP contribution in [0, 0.1) is 0 Å². The van der Waals surface area contributed by atoms with Gasteiger partial charge < -0.3 is 3.83 Å². The largest absolute Gasteiger partial charge is 0.302 e. The fraction of sp³-hybridized carbons (Fsp3) is 1.00. The van der Waals surface area contributed by atoms with Crippen LogP contribution in [0.3, 0.4) is 0 Å². The van der Waals surface area contributed by atoms with E-state index >= 15 is 0 Å². The molecule has 0 bridgehead atoms. The molecule has 0 aliphatic rings. The molecule has 0 atom stereocenters. The van der Waals surface area contributed by atoms with E-state index in [1.54, 1.807) is 0 Å². The van der Waals surface area contributed by atoms with Gasteiger partial charge in [-0.3, -0.25) is 0 Å². The highest BCUT2D eigenvalue weighted by atomic mass is 79.9. The van der Waals surface area contributed by atoms with Crippen molar-refractivity contribution >= 4 is 16.3 Å². The van der Waals surface area contributed by atoms with Crippen molar-refractivity contribution < 1.29 is 3.83 Å². The van der Waals surface area contributed by atoms with Gasteiger partial charge in [-0.25, -0.2) is 0 Å². The lowest BCUT2D eigenvalue weighted by Gasteiger charge is -2.16. The first-order valence-electron chi connectivity index (χ1n) is 2.42. The lowest BCUT2D eigenvalue weighted by Crippen LogP contribution is -2.17. The van der Waals surface area contributed by atoms with Crippen molar-refractivity contribution in [1.29, 1.82) is 0 Å². The van der Waals surface area contributed by atoms with Gasteiger partial charge in [0.05, 0.1) is 21.9 Å². The minimum absolute atomic E-state index is 0. The summed E-state index contributed by atoms with van der Waals surface area (Å²) in [4.78, 5) is 0. The number of hydrogen-bond donors (Lipinski definition) is 0. The normalized spacial score (nSPS) is 12.0. The van der Waals surface area contributed by atoms with Crippen molar-refractivity contribution in [2.24, 2.45) is 0 Å². The van der Waals surface area contributed by atoms with Gasteiger partial charge in [0.2, 0.25) is 0 Å². The van der Waals surface area contributed by atoms with Gasteiger partial charge in [0.25, 0.3) is 0 Å². The summed E-state index contributed by atoms with van der Waals surface area (Å²) in [6, 6.07) is 0. The summed E-state index contributed by atoms with van der Waals surface area (Å²) in [5.41, 5.74) is 0. The van der Waals surface area contributed by atoms with Gasteiger partial charge in [-0.05, 0) is 20.3 Å². The molecule has 44 valence electrons. The van der Waals surface area contributed by atoms with E-state index in [-0.39, 0.29) is 5.60 Å². The third-order valence-electron chi connectivity index (χ3n) is 1.06. The van der Waals surface area contributed by atoms with Crippen molar-refractivity contribution in [3.05, 3.63) is 0 Å². The third kappa shape index (κ3) is 3.06. The molecule has 0 saturated carbocycles. The first-order chi connectivity index (χ1) is 3.12. The smallest absolute Gasteiger partial charge is 0.0993 e. The average molecular weight is 167 g/mol. The van der Waals surface area contributed by atoms with Crippen LogP contribution in [-0.2, 0) is 3.83 Å². The van der Waals surface area contributed by atoms with Gasteiger partial charge in [-0.1, -0.05) is 6.92 Å². The maximum Gasteiger partial charge on any atom is 0.0993 e. The summed E-state index contributed by atoms with van der Waals surface area (Å²) in [5.74, 6) is 0. The number of hydrogen-bond acceptors (Lipinski definition) is 1. The molecule has 0 aliphatic carbocycles. The van der Waals surface area contributed by atoms with E-state index in [1.165, 1.54) is 0 Å². The maximum absolute atomic E-state index is 4.90. The summed E-state index contributed by atoms with van der Waals surface area (Å²) in [5, 5.41) is 0. The minimum Gasteiger partial charge on any atom is -0.302 e. The van der Waals surface area contributed by atoms with Gasteiger partial charge in [0.1, 0.15) is 0 Å². The highest BCUT2D eigenvalue weighted by Gasteiger charge is 2.12. The van der Waals surface area contributed by atoms with E-state index in [9.17, 15) is 0 Å². The summed E-state index contributed by atoms with van der Waals surface area (Å²) in [6.07, 6.45) is 1.03. The van der Waals surface area contributed by atoms with Crippen molar-refractivity contribution in [3.63, 3.8) is 0 Å². The highest BCUT2D eigenvalue weighted by Crippen LogP contribution is 2.15. The average Bonchev–Trinajstić information content (AvgIpc) is 1.68. The fourth-order valence-corrected chi connectivity index (χ4v) is 0.283. The second-order valence-corrected chi connectivity index (χ2v) is 2.51. The molecule has 1 nitrogen and oxygen atoms in total. The van der Waals surface area contributed by atoms with E-state index < -0.39 is 0 Å². The SMILES string of the molecule is CCC(C)(C)OBr. The van der Waals surface area contributed by atoms with Crippen LogP contribution in [0.2, 0.25) is 0 Å². The van der Waals surface area contributed by atoms with Gasteiger partial charge in [-0.2, -0.15) is 0 Å². The second kappa shape index (κ2) is 2.68. The van der Waals surface area contributed by atoms with Crippen LogP contribution in [0.15, 0.2) is 0 Å². The van der Waals surface area contributed by atoms with Crippen molar-refractivity contribution in [3.8, 4) is 0 Å². The molecule has 0 amide bonds. The minimum atomic E-state index is 0. The Hall–Kier alpha value is 0.440. The molecule has 0 N–H and O–H groups in total. The Kier molecular flexibility index (Phi) is 2.84. The molecule has 0 aromatic carbocycles. The number of rotatable bonds is 2. The quantitative estimate of drug-likeness (QED) is 0.613. The molecule has 0 saturated heterocycles. The van der Waals surface area contributed by atoms with Gasteiger partial charge >= 0.3 is 0 Å². The molecule has 0 heterocycles. The van der Waals surface area contributed by atoms with Crippen LogP contribution in [0.25, 0.3) is 0 Å². The van der Waals surface area contributed by atoms with Crippen molar-refractivity contribution in [2.75, 3.05) is 0 Å². The molecule has 0 aromatic heterocycles. The van der Waals surface area contributed by atoms with Crippen LogP contribution in [0.4, 0.5) is 0 Å². The molecule has 0 aromatic rings. The van der Waals surface area contributed by atoms with Crippen LogP contribution in [0.5, 0.6) is 0 Å². The zero-order valence-corrected chi connectivity index (χ0v) is 6.58. The lowest BCUT2D eigenvalue weighted by atomic mass is 10.1.